The molecule has 0 saturated heterocycles. The number of carboxylic acids is 1. The number of methoxy groups -OCH3 is 1. The number of aromatic carboxylic acids is 1. The lowest BCUT2D eigenvalue weighted by Crippen LogP contribution is -2.14. The number of aromatic nitrogens is 2. The molecule has 9 heteroatoms. The van der Waals surface area contributed by atoms with Gasteiger partial charge in [-0.25, -0.2) is 4.79 Å². The van der Waals surface area contributed by atoms with Crippen LogP contribution in [0.1, 0.15) is 21.8 Å². The van der Waals surface area contributed by atoms with Crippen LogP contribution in [0, 0.1) is 0 Å². The minimum Gasteiger partial charge on any atom is -0.497 e. The van der Waals surface area contributed by atoms with Gasteiger partial charge in [-0.05, 0) is 42.0 Å². The van der Waals surface area contributed by atoms with Crippen molar-refractivity contribution in [3.63, 3.8) is 0 Å². The normalized spacial score (nSPS) is 10.5. The number of benzene rings is 2. The van der Waals surface area contributed by atoms with Gasteiger partial charge in [0.1, 0.15) is 5.75 Å². The maximum Gasteiger partial charge on any atom is 0.335 e. The van der Waals surface area contributed by atoms with E-state index >= 15 is 0 Å². The molecular formula is C19H17N3O5S. The molecule has 144 valence electrons. The van der Waals surface area contributed by atoms with Crippen molar-refractivity contribution in [3.8, 4) is 5.75 Å². The second kappa shape index (κ2) is 9.05. The predicted octanol–water partition coefficient (Wildman–Crippen LogP) is 3.10. The van der Waals surface area contributed by atoms with Gasteiger partial charge in [-0.15, -0.1) is 10.2 Å². The van der Waals surface area contributed by atoms with Gasteiger partial charge in [0, 0.05) is 5.69 Å². The summed E-state index contributed by atoms with van der Waals surface area (Å²) in [5.41, 5.74) is 1.67. The summed E-state index contributed by atoms with van der Waals surface area (Å²) >= 11 is 1.13. The fourth-order valence-corrected chi connectivity index (χ4v) is 2.89. The van der Waals surface area contributed by atoms with E-state index in [0.717, 1.165) is 23.1 Å². The van der Waals surface area contributed by atoms with Crippen molar-refractivity contribution in [3.05, 3.63) is 65.5 Å². The number of hydrogen-bond acceptors (Lipinski definition) is 7. The van der Waals surface area contributed by atoms with Crippen molar-refractivity contribution in [1.82, 2.24) is 10.2 Å². The van der Waals surface area contributed by atoms with Crippen LogP contribution in [0.15, 0.2) is 58.2 Å². The maximum atomic E-state index is 12.0. The van der Waals surface area contributed by atoms with Crippen LogP contribution in [-0.4, -0.2) is 40.0 Å². The van der Waals surface area contributed by atoms with E-state index in [1.807, 2.05) is 24.3 Å². The van der Waals surface area contributed by atoms with E-state index in [9.17, 15) is 9.59 Å². The molecule has 0 atom stereocenters. The lowest BCUT2D eigenvalue weighted by Gasteiger charge is -2.04. The Bertz CT molecular complexity index is 954. The highest BCUT2D eigenvalue weighted by Gasteiger charge is 2.11. The number of carbonyl (C=O) groups excluding carboxylic acids is 1. The van der Waals surface area contributed by atoms with Gasteiger partial charge in [-0.1, -0.05) is 23.9 Å². The number of hydrogen-bond donors (Lipinski definition) is 2. The van der Waals surface area contributed by atoms with E-state index in [0.29, 0.717) is 23.2 Å². The minimum absolute atomic E-state index is 0.0881. The van der Waals surface area contributed by atoms with Crippen molar-refractivity contribution in [1.29, 1.82) is 0 Å². The largest absolute Gasteiger partial charge is 0.497 e. The number of ether oxygens (including phenoxy) is 1. The molecule has 1 heterocycles. The molecule has 1 amide bonds. The first-order chi connectivity index (χ1) is 13.5. The number of rotatable bonds is 8. The summed E-state index contributed by atoms with van der Waals surface area (Å²) in [6, 6.07) is 13.5. The van der Waals surface area contributed by atoms with Crippen molar-refractivity contribution in [2.75, 3.05) is 18.2 Å². The van der Waals surface area contributed by atoms with Crippen LogP contribution in [0.3, 0.4) is 0 Å². The molecule has 0 aliphatic rings. The van der Waals surface area contributed by atoms with Crippen LogP contribution < -0.4 is 10.1 Å². The van der Waals surface area contributed by atoms with E-state index in [2.05, 4.69) is 15.5 Å². The quantitative estimate of drug-likeness (QED) is 0.555. The van der Waals surface area contributed by atoms with Crippen LogP contribution in [-0.2, 0) is 11.2 Å². The van der Waals surface area contributed by atoms with Crippen LogP contribution in [0.5, 0.6) is 5.75 Å². The average Bonchev–Trinajstić information content (AvgIpc) is 3.15. The summed E-state index contributed by atoms with van der Waals surface area (Å²) in [5, 5.41) is 19.8. The molecular weight excluding hydrogens is 382 g/mol. The van der Waals surface area contributed by atoms with E-state index < -0.39 is 5.97 Å². The molecule has 0 radical (unpaired) electrons. The number of nitrogens with one attached hydrogen (secondary N) is 1. The van der Waals surface area contributed by atoms with Gasteiger partial charge < -0.3 is 19.6 Å². The van der Waals surface area contributed by atoms with Crippen molar-refractivity contribution >= 4 is 29.3 Å². The molecule has 0 aliphatic carbocycles. The molecule has 0 spiro atoms. The van der Waals surface area contributed by atoms with Gasteiger partial charge in [-0.3, -0.25) is 4.79 Å². The molecule has 2 aromatic carbocycles. The van der Waals surface area contributed by atoms with Crippen LogP contribution in [0.4, 0.5) is 5.69 Å². The molecule has 3 rings (SSSR count). The zero-order valence-corrected chi connectivity index (χ0v) is 15.7. The Hall–Kier alpha value is -3.33. The van der Waals surface area contributed by atoms with Gasteiger partial charge >= 0.3 is 5.97 Å². The second-order valence-corrected chi connectivity index (χ2v) is 6.63. The van der Waals surface area contributed by atoms with Crippen LogP contribution in [0.25, 0.3) is 0 Å². The van der Waals surface area contributed by atoms with E-state index in [-0.39, 0.29) is 17.2 Å². The third-order valence-corrected chi connectivity index (χ3v) is 4.52. The first kappa shape index (κ1) is 19.4. The van der Waals surface area contributed by atoms with Crippen LogP contribution >= 0.6 is 11.8 Å². The first-order valence-electron chi connectivity index (χ1n) is 8.25. The fourth-order valence-electron chi connectivity index (χ4n) is 2.31. The Morgan fingerprint density at radius 2 is 1.82 bits per heavy atom. The number of anilines is 1. The molecule has 0 bridgehead atoms. The zero-order valence-electron chi connectivity index (χ0n) is 14.9. The molecule has 0 aliphatic heterocycles. The number of carbonyl (C=O) groups is 2. The standard InChI is InChI=1S/C19H17N3O5S/c1-26-15-8-2-12(3-9-15)10-17-21-22-19(27-17)28-11-16(23)20-14-6-4-13(5-7-14)18(24)25/h2-9H,10-11H2,1H3,(H,20,23)(H,24,25). The van der Waals surface area contributed by atoms with Gasteiger partial charge in [0.05, 0.1) is 24.8 Å². The van der Waals surface area contributed by atoms with E-state index in [1.165, 1.54) is 24.3 Å². The summed E-state index contributed by atoms with van der Waals surface area (Å²) in [5.74, 6) is 0.0370. The highest BCUT2D eigenvalue weighted by Crippen LogP contribution is 2.19. The van der Waals surface area contributed by atoms with Crippen molar-refractivity contribution < 1.29 is 23.8 Å². The molecule has 8 nitrogen and oxygen atoms in total. The lowest BCUT2D eigenvalue weighted by atomic mass is 10.1. The van der Waals surface area contributed by atoms with Gasteiger partial charge in [0.2, 0.25) is 11.8 Å². The Morgan fingerprint density at radius 1 is 1.11 bits per heavy atom. The first-order valence-corrected chi connectivity index (χ1v) is 9.23. The van der Waals surface area contributed by atoms with E-state index in [4.69, 9.17) is 14.3 Å². The molecule has 28 heavy (non-hydrogen) atoms. The molecule has 0 saturated carbocycles. The number of amides is 1. The highest BCUT2D eigenvalue weighted by molar-refractivity contribution is 7.99. The SMILES string of the molecule is COc1ccc(Cc2nnc(SCC(=O)Nc3ccc(C(=O)O)cc3)o2)cc1. The van der Waals surface area contributed by atoms with Crippen LogP contribution in [0.2, 0.25) is 0 Å². The number of nitrogens with zero attached hydrogens (tertiary/aromatic N) is 2. The Labute approximate surface area is 164 Å². The summed E-state index contributed by atoms with van der Waals surface area (Å²) < 4.78 is 10.7. The third kappa shape index (κ3) is 5.34. The van der Waals surface area contributed by atoms with Crippen molar-refractivity contribution in [2.45, 2.75) is 11.6 Å². The molecule has 2 N–H and O–H groups in total. The summed E-state index contributed by atoms with van der Waals surface area (Å²) in [6.07, 6.45) is 0.486. The predicted molar refractivity (Wildman–Crippen MR) is 103 cm³/mol. The third-order valence-electron chi connectivity index (χ3n) is 3.71. The topological polar surface area (TPSA) is 115 Å². The van der Waals surface area contributed by atoms with E-state index in [1.54, 1.807) is 7.11 Å². The summed E-state index contributed by atoms with van der Waals surface area (Å²) in [4.78, 5) is 22.8. The smallest absolute Gasteiger partial charge is 0.335 e. The Balaban J connectivity index is 1.49. The van der Waals surface area contributed by atoms with Gasteiger partial charge in [0.15, 0.2) is 0 Å². The molecule has 0 fully saturated rings. The maximum absolute atomic E-state index is 12.0. The van der Waals surface area contributed by atoms with Crippen molar-refractivity contribution in [2.24, 2.45) is 0 Å². The molecule has 0 unspecified atom stereocenters. The number of thioether (sulfide) groups is 1. The molecule has 3 aromatic rings. The van der Waals surface area contributed by atoms with Gasteiger partial charge in [-0.2, -0.15) is 0 Å². The number of carboxylic acid groups (broad SMARTS) is 1. The zero-order chi connectivity index (χ0) is 19.9. The second-order valence-electron chi connectivity index (χ2n) is 5.71. The minimum atomic E-state index is -1.02. The highest BCUT2D eigenvalue weighted by atomic mass is 32.2. The fraction of sp³-hybridized carbons (Fsp3) is 0.158. The summed E-state index contributed by atoms with van der Waals surface area (Å²) in [7, 11) is 1.61. The summed E-state index contributed by atoms with van der Waals surface area (Å²) in [6.45, 7) is 0. The average molecular weight is 399 g/mol. The lowest BCUT2D eigenvalue weighted by molar-refractivity contribution is -0.113. The van der Waals surface area contributed by atoms with Gasteiger partial charge in [0.25, 0.3) is 5.22 Å². The Morgan fingerprint density at radius 3 is 2.46 bits per heavy atom. The monoisotopic (exact) mass is 399 g/mol. The Kier molecular flexibility index (Phi) is 6.28. The molecule has 1 aromatic heterocycles.